The average molecular weight is 318 g/mol. The van der Waals surface area contributed by atoms with Crippen LogP contribution in [-0.2, 0) is 14.8 Å². The lowest BCUT2D eigenvalue weighted by Gasteiger charge is -2.16. The van der Waals surface area contributed by atoms with Crippen molar-refractivity contribution in [3.63, 3.8) is 0 Å². The highest BCUT2D eigenvalue weighted by Crippen LogP contribution is 2.23. The van der Waals surface area contributed by atoms with Crippen molar-refractivity contribution in [3.05, 3.63) is 43.0 Å². The minimum atomic E-state index is -3.70. The summed E-state index contributed by atoms with van der Waals surface area (Å²) in [5.41, 5.74) is 1.01. The summed E-state index contributed by atoms with van der Waals surface area (Å²) in [6.07, 6.45) is 5.44. The molecule has 1 fully saturated rings. The fraction of sp³-hybridized carbons (Fsp3) is 0.214. The first kappa shape index (κ1) is 14.5. The van der Waals surface area contributed by atoms with E-state index in [0.29, 0.717) is 24.3 Å². The first-order valence-corrected chi connectivity index (χ1v) is 8.23. The maximum absolute atomic E-state index is 12.3. The average Bonchev–Trinajstić information content (AvgIpc) is 2.94. The number of carbonyl (C=O) groups is 1. The lowest BCUT2D eigenvalue weighted by Crippen LogP contribution is -2.23. The second kappa shape index (κ2) is 5.72. The molecule has 114 valence electrons. The highest BCUT2D eigenvalue weighted by Gasteiger charge is 2.22. The van der Waals surface area contributed by atoms with Crippen molar-refractivity contribution in [3.8, 4) is 0 Å². The number of hydrogen-bond donors (Lipinski definition) is 1. The fourth-order valence-corrected chi connectivity index (χ4v) is 3.32. The van der Waals surface area contributed by atoms with Crippen LogP contribution >= 0.6 is 0 Å². The summed E-state index contributed by atoms with van der Waals surface area (Å²) in [5.74, 6) is 0.0650. The predicted molar refractivity (Wildman–Crippen MR) is 80.9 cm³/mol. The number of benzene rings is 1. The molecular weight excluding hydrogens is 304 g/mol. The van der Waals surface area contributed by atoms with Crippen LogP contribution < -0.4 is 9.62 Å². The number of carbonyl (C=O) groups excluding carboxylic acids is 1. The maximum Gasteiger partial charge on any atom is 0.261 e. The number of sulfonamides is 1. The zero-order chi connectivity index (χ0) is 15.6. The molecule has 1 saturated heterocycles. The smallest absolute Gasteiger partial charge is 0.261 e. The van der Waals surface area contributed by atoms with E-state index in [1.54, 1.807) is 17.0 Å². The van der Waals surface area contributed by atoms with Crippen molar-refractivity contribution in [1.29, 1.82) is 0 Å². The molecule has 1 aromatic carbocycles. The van der Waals surface area contributed by atoms with Crippen LogP contribution in [-0.4, -0.2) is 30.8 Å². The molecule has 1 aliphatic rings. The zero-order valence-corrected chi connectivity index (χ0v) is 12.5. The van der Waals surface area contributed by atoms with E-state index >= 15 is 0 Å². The van der Waals surface area contributed by atoms with Gasteiger partial charge in [-0.05, 0) is 30.7 Å². The molecule has 1 aromatic heterocycles. The van der Waals surface area contributed by atoms with Crippen LogP contribution in [0.3, 0.4) is 0 Å². The van der Waals surface area contributed by atoms with E-state index < -0.39 is 10.0 Å². The molecule has 8 heteroatoms. The number of hydrogen-bond acceptors (Lipinski definition) is 5. The summed E-state index contributed by atoms with van der Waals surface area (Å²) in [5, 5.41) is 0. The van der Waals surface area contributed by atoms with Crippen molar-refractivity contribution in [2.24, 2.45) is 0 Å². The highest BCUT2D eigenvalue weighted by molar-refractivity contribution is 7.92. The van der Waals surface area contributed by atoms with Crippen LogP contribution in [0.15, 0.2) is 47.9 Å². The van der Waals surface area contributed by atoms with E-state index in [1.807, 2.05) is 0 Å². The Morgan fingerprint density at radius 2 is 1.77 bits per heavy atom. The van der Waals surface area contributed by atoms with Crippen LogP contribution in [0.2, 0.25) is 0 Å². The van der Waals surface area contributed by atoms with Crippen molar-refractivity contribution < 1.29 is 13.2 Å². The SMILES string of the molecule is O=C1CCCN1c1ccc(S(=O)(=O)Nc2cncnc2)cc1. The van der Waals surface area contributed by atoms with Crippen LogP contribution in [0.4, 0.5) is 11.4 Å². The Morgan fingerprint density at radius 3 is 2.36 bits per heavy atom. The van der Waals surface area contributed by atoms with E-state index in [-0.39, 0.29) is 10.8 Å². The van der Waals surface area contributed by atoms with E-state index in [2.05, 4.69) is 14.7 Å². The lowest BCUT2D eigenvalue weighted by molar-refractivity contribution is -0.117. The Kier molecular flexibility index (Phi) is 3.76. The second-order valence-electron chi connectivity index (χ2n) is 4.88. The van der Waals surface area contributed by atoms with Gasteiger partial charge in [-0.15, -0.1) is 0 Å². The van der Waals surface area contributed by atoms with Gasteiger partial charge in [0.1, 0.15) is 6.33 Å². The summed E-state index contributed by atoms with van der Waals surface area (Å²) >= 11 is 0. The van der Waals surface area contributed by atoms with E-state index in [9.17, 15) is 13.2 Å². The Morgan fingerprint density at radius 1 is 1.09 bits per heavy atom. The number of anilines is 2. The zero-order valence-electron chi connectivity index (χ0n) is 11.6. The van der Waals surface area contributed by atoms with Crippen molar-refractivity contribution in [1.82, 2.24) is 9.97 Å². The van der Waals surface area contributed by atoms with Gasteiger partial charge in [0.05, 0.1) is 23.0 Å². The summed E-state index contributed by atoms with van der Waals surface area (Å²) < 4.78 is 26.9. The van der Waals surface area contributed by atoms with Crippen molar-refractivity contribution in [2.75, 3.05) is 16.2 Å². The summed E-state index contributed by atoms with van der Waals surface area (Å²) in [4.78, 5) is 21.0. The van der Waals surface area contributed by atoms with Gasteiger partial charge in [-0.2, -0.15) is 0 Å². The van der Waals surface area contributed by atoms with Crippen molar-refractivity contribution >= 4 is 27.3 Å². The first-order chi connectivity index (χ1) is 10.6. The monoisotopic (exact) mass is 318 g/mol. The topological polar surface area (TPSA) is 92.3 Å². The molecule has 0 atom stereocenters. The van der Waals surface area contributed by atoms with Crippen LogP contribution in [0.25, 0.3) is 0 Å². The number of nitrogens with one attached hydrogen (secondary N) is 1. The van der Waals surface area contributed by atoms with E-state index in [1.165, 1.54) is 30.9 Å². The Bertz CT molecular complexity index is 775. The molecule has 7 nitrogen and oxygen atoms in total. The van der Waals surface area contributed by atoms with Crippen LogP contribution in [0.5, 0.6) is 0 Å². The molecule has 1 amide bonds. The van der Waals surface area contributed by atoms with Gasteiger partial charge < -0.3 is 4.90 Å². The summed E-state index contributed by atoms with van der Waals surface area (Å²) in [6, 6.07) is 6.23. The molecule has 2 heterocycles. The normalized spacial score (nSPS) is 15.1. The van der Waals surface area contributed by atoms with Gasteiger partial charge >= 0.3 is 0 Å². The standard InChI is InChI=1S/C14H14N4O3S/c19-14-2-1-7-18(14)12-3-5-13(6-4-12)22(20,21)17-11-8-15-10-16-9-11/h3-6,8-10,17H,1-2,7H2. The molecule has 0 radical (unpaired) electrons. The second-order valence-corrected chi connectivity index (χ2v) is 6.56. The van der Waals surface area contributed by atoms with Crippen LogP contribution in [0.1, 0.15) is 12.8 Å². The largest absolute Gasteiger partial charge is 0.312 e. The van der Waals surface area contributed by atoms with Gasteiger partial charge in [-0.25, -0.2) is 18.4 Å². The molecule has 0 unspecified atom stereocenters. The molecule has 22 heavy (non-hydrogen) atoms. The molecule has 1 N–H and O–H groups in total. The molecule has 3 rings (SSSR count). The number of rotatable bonds is 4. The van der Waals surface area contributed by atoms with Gasteiger partial charge in [0.15, 0.2) is 0 Å². The number of amides is 1. The maximum atomic E-state index is 12.3. The number of aromatic nitrogens is 2. The van der Waals surface area contributed by atoms with Gasteiger partial charge in [0, 0.05) is 18.7 Å². The molecule has 0 bridgehead atoms. The third-order valence-electron chi connectivity index (χ3n) is 3.34. The molecule has 0 spiro atoms. The Balaban J connectivity index is 1.81. The molecule has 1 aliphatic heterocycles. The predicted octanol–water partition coefficient (Wildman–Crippen LogP) is 1.40. The summed E-state index contributed by atoms with van der Waals surface area (Å²) in [6.45, 7) is 0.671. The molecule has 0 saturated carbocycles. The van der Waals surface area contributed by atoms with Gasteiger partial charge in [-0.1, -0.05) is 0 Å². The summed E-state index contributed by atoms with van der Waals surface area (Å²) in [7, 11) is -3.70. The number of nitrogens with zero attached hydrogens (tertiary/aromatic N) is 3. The van der Waals surface area contributed by atoms with Gasteiger partial charge in [0.2, 0.25) is 5.91 Å². The third kappa shape index (κ3) is 2.91. The lowest BCUT2D eigenvalue weighted by atomic mass is 10.3. The molecular formula is C14H14N4O3S. The molecule has 0 aliphatic carbocycles. The molecule has 2 aromatic rings. The Labute approximate surface area is 128 Å². The fourth-order valence-electron chi connectivity index (χ4n) is 2.29. The van der Waals surface area contributed by atoms with E-state index in [0.717, 1.165) is 6.42 Å². The van der Waals surface area contributed by atoms with Gasteiger partial charge in [-0.3, -0.25) is 9.52 Å². The quantitative estimate of drug-likeness (QED) is 0.920. The minimum Gasteiger partial charge on any atom is -0.312 e. The van der Waals surface area contributed by atoms with Crippen molar-refractivity contribution in [2.45, 2.75) is 17.7 Å². The van der Waals surface area contributed by atoms with Gasteiger partial charge in [0.25, 0.3) is 10.0 Å². The van der Waals surface area contributed by atoms with Crippen LogP contribution in [0, 0.1) is 0 Å². The van der Waals surface area contributed by atoms with E-state index in [4.69, 9.17) is 0 Å². The third-order valence-corrected chi connectivity index (χ3v) is 4.74. The Hall–Kier alpha value is -2.48. The first-order valence-electron chi connectivity index (χ1n) is 6.74. The minimum absolute atomic E-state index is 0.0650. The highest BCUT2D eigenvalue weighted by atomic mass is 32.2.